The van der Waals surface area contributed by atoms with E-state index in [1.54, 1.807) is 0 Å². The predicted octanol–water partition coefficient (Wildman–Crippen LogP) is 3.59. The average Bonchev–Trinajstić information content (AvgIpc) is 2.78. The van der Waals surface area contributed by atoms with Gasteiger partial charge in [0.25, 0.3) is 0 Å². The first-order valence-corrected chi connectivity index (χ1v) is 10.5. The molecule has 4 aromatic carbocycles. The van der Waals surface area contributed by atoms with Gasteiger partial charge in [-0.2, -0.15) is 0 Å². The molecule has 0 spiro atoms. The fourth-order valence-corrected chi connectivity index (χ4v) is 4.15. The molecule has 7 nitrogen and oxygen atoms in total. The standard InChI is InChI=1S/C25H25NO6/c27-22(28)15-31-12-10-26(11-13-32-16-23(29)30)14-20-7-6-19-5-4-17-2-1-3-18-8-9-21(20)25(19)24(17)18/h1-9H,10-16H2,(H,27,28)(H,29,30). The van der Waals surface area contributed by atoms with E-state index in [1.807, 2.05) is 0 Å². The number of hydrogen-bond acceptors (Lipinski definition) is 5. The lowest BCUT2D eigenvalue weighted by atomic mass is 9.92. The second kappa shape index (κ2) is 9.91. The van der Waals surface area contributed by atoms with E-state index < -0.39 is 11.9 Å². The highest BCUT2D eigenvalue weighted by Crippen LogP contribution is 2.36. The molecule has 4 aromatic rings. The monoisotopic (exact) mass is 435 g/mol. The van der Waals surface area contributed by atoms with E-state index >= 15 is 0 Å². The Balaban J connectivity index is 1.58. The van der Waals surface area contributed by atoms with Gasteiger partial charge in [0, 0.05) is 19.6 Å². The van der Waals surface area contributed by atoms with Gasteiger partial charge in [0.15, 0.2) is 0 Å². The number of hydrogen-bond donors (Lipinski definition) is 2. The Morgan fingerprint density at radius 2 is 1.25 bits per heavy atom. The molecule has 0 atom stereocenters. The molecule has 32 heavy (non-hydrogen) atoms. The van der Waals surface area contributed by atoms with Crippen LogP contribution in [0.4, 0.5) is 0 Å². The zero-order chi connectivity index (χ0) is 22.5. The zero-order valence-corrected chi connectivity index (χ0v) is 17.6. The van der Waals surface area contributed by atoms with Crippen LogP contribution in [0.5, 0.6) is 0 Å². The molecule has 7 heteroatoms. The Morgan fingerprint density at radius 1 is 0.719 bits per heavy atom. The van der Waals surface area contributed by atoms with Crippen LogP contribution in [0.1, 0.15) is 5.56 Å². The van der Waals surface area contributed by atoms with Crippen molar-refractivity contribution in [1.82, 2.24) is 4.90 Å². The van der Waals surface area contributed by atoms with E-state index in [2.05, 4.69) is 59.5 Å². The van der Waals surface area contributed by atoms with E-state index in [9.17, 15) is 9.59 Å². The van der Waals surface area contributed by atoms with Gasteiger partial charge in [-0.1, -0.05) is 54.6 Å². The predicted molar refractivity (Wildman–Crippen MR) is 122 cm³/mol. The third-order valence-electron chi connectivity index (χ3n) is 5.57. The SMILES string of the molecule is O=C(O)COCCN(CCOCC(=O)O)Cc1ccc2ccc3cccc4ccc1c2c34. The third kappa shape index (κ3) is 4.96. The van der Waals surface area contributed by atoms with Crippen LogP contribution in [0.2, 0.25) is 0 Å². The van der Waals surface area contributed by atoms with Gasteiger partial charge in [0.2, 0.25) is 0 Å². The number of rotatable bonds is 12. The van der Waals surface area contributed by atoms with Crippen LogP contribution < -0.4 is 0 Å². The number of benzene rings is 4. The molecule has 0 radical (unpaired) electrons. The van der Waals surface area contributed by atoms with Gasteiger partial charge in [-0.3, -0.25) is 4.90 Å². The Bertz CT molecular complexity index is 1200. The number of carbonyl (C=O) groups is 2. The van der Waals surface area contributed by atoms with E-state index in [4.69, 9.17) is 19.7 Å². The van der Waals surface area contributed by atoms with Crippen molar-refractivity contribution in [1.29, 1.82) is 0 Å². The summed E-state index contributed by atoms with van der Waals surface area (Å²) in [5.74, 6) is -2.01. The minimum Gasteiger partial charge on any atom is -0.480 e. The molecule has 0 amide bonds. The molecule has 0 aliphatic heterocycles. The van der Waals surface area contributed by atoms with Gasteiger partial charge >= 0.3 is 11.9 Å². The van der Waals surface area contributed by atoms with Crippen LogP contribution in [-0.4, -0.2) is 66.6 Å². The molecule has 0 aliphatic carbocycles. The molecule has 0 aromatic heterocycles. The Kier molecular flexibility index (Phi) is 6.80. The average molecular weight is 435 g/mol. The first kappa shape index (κ1) is 22.0. The second-order valence-electron chi connectivity index (χ2n) is 7.75. The maximum Gasteiger partial charge on any atom is 0.329 e. The minimum atomic E-state index is -1.01. The van der Waals surface area contributed by atoms with Gasteiger partial charge in [0.1, 0.15) is 13.2 Å². The van der Waals surface area contributed by atoms with Crippen molar-refractivity contribution in [2.24, 2.45) is 0 Å². The molecule has 0 aliphatic rings. The summed E-state index contributed by atoms with van der Waals surface area (Å²) in [7, 11) is 0. The van der Waals surface area contributed by atoms with Gasteiger partial charge in [-0.15, -0.1) is 0 Å². The summed E-state index contributed by atoms with van der Waals surface area (Å²) in [5, 5.41) is 24.8. The highest BCUT2D eigenvalue weighted by Gasteiger charge is 2.14. The molecule has 2 N–H and O–H groups in total. The van der Waals surface area contributed by atoms with E-state index in [1.165, 1.54) is 32.3 Å². The molecule has 0 saturated heterocycles. The third-order valence-corrected chi connectivity index (χ3v) is 5.57. The number of carboxylic acid groups (broad SMARTS) is 2. The lowest BCUT2D eigenvalue weighted by Gasteiger charge is -2.23. The van der Waals surface area contributed by atoms with Gasteiger partial charge in [-0.25, -0.2) is 9.59 Å². The first-order valence-electron chi connectivity index (χ1n) is 10.5. The molecular weight excluding hydrogens is 410 g/mol. The lowest BCUT2D eigenvalue weighted by molar-refractivity contribution is -0.142. The topological polar surface area (TPSA) is 96.3 Å². The summed E-state index contributed by atoms with van der Waals surface area (Å²) in [6, 6.07) is 19.1. The Labute approximate surface area is 185 Å². The fourth-order valence-electron chi connectivity index (χ4n) is 4.15. The minimum absolute atomic E-state index is 0.261. The van der Waals surface area contributed by atoms with Crippen LogP contribution in [0.3, 0.4) is 0 Å². The van der Waals surface area contributed by atoms with Crippen LogP contribution in [0.25, 0.3) is 32.3 Å². The smallest absolute Gasteiger partial charge is 0.329 e. The van der Waals surface area contributed by atoms with E-state index in [0.717, 1.165) is 5.56 Å². The quantitative estimate of drug-likeness (QED) is 0.259. The summed E-state index contributed by atoms with van der Waals surface area (Å²) < 4.78 is 10.4. The van der Waals surface area contributed by atoms with Crippen molar-refractivity contribution in [3.8, 4) is 0 Å². The van der Waals surface area contributed by atoms with Crippen LogP contribution in [0.15, 0.2) is 54.6 Å². The van der Waals surface area contributed by atoms with Crippen LogP contribution in [0, 0.1) is 0 Å². The van der Waals surface area contributed by atoms with Crippen molar-refractivity contribution < 1.29 is 29.3 Å². The Hall–Kier alpha value is -3.26. The summed E-state index contributed by atoms with van der Waals surface area (Å²) >= 11 is 0. The number of ether oxygens (including phenoxy) is 2. The molecule has 0 unspecified atom stereocenters. The van der Waals surface area contributed by atoms with Crippen molar-refractivity contribution in [2.75, 3.05) is 39.5 Å². The summed E-state index contributed by atoms with van der Waals surface area (Å²) in [5.41, 5.74) is 1.15. The largest absolute Gasteiger partial charge is 0.480 e. The molecule has 0 saturated carbocycles. The highest BCUT2D eigenvalue weighted by atomic mass is 16.5. The number of carboxylic acids is 2. The van der Waals surface area contributed by atoms with Crippen LogP contribution in [-0.2, 0) is 25.6 Å². The molecular formula is C25H25NO6. The molecule has 166 valence electrons. The molecule has 4 rings (SSSR count). The summed E-state index contributed by atoms with van der Waals surface area (Å²) in [6.45, 7) is 1.46. The first-order chi connectivity index (χ1) is 15.5. The van der Waals surface area contributed by atoms with Crippen molar-refractivity contribution >= 4 is 44.3 Å². The van der Waals surface area contributed by atoms with Gasteiger partial charge in [0.05, 0.1) is 13.2 Å². The molecule has 0 fully saturated rings. The number of aliphatic carboxylic acids is 2. The molecule has 0 heterocycles. The number of nitrogens with zero attached hydrogens (tertiary/aromatic N) is 1. The van der Waals surface area contributed by atoms with Crippen molar-refractivity contribution in [3.05, 3.63) is 60.2 Å². The summed E-state index contributed by atoms with van der Waals surface area (Å²) in [4.78, 5) is 23.5. The summed E-state index contributed by atoms with van der Waals surface area (Å²) in [6.07, 6.45) is 0. The highest BCUT2D eigenvalue weighted by molar-refractivity contribution is 6.23. The fraction of sp³-hybridized carbons (Fsp3) is 0.280. The Morgan fingerprint density at radius 3 is 1.84 bits per heavy atom. The van der Waals surface area contributed by atoms with Crippen LogP contribution >= 0.6 is 0 Å². The molecule has 0 bridgehead atoms. The van der Waals surface area contributed by atoms with Gasteiger partial charge in [-0.05, 0) is 37.9 Å². The maximum atomic E-state index is 10.7. The van der Waals surface area contributed by atoms with Crippen molar-refractivity contribution in [2.45, 2.75) is 6.54 Å². The van der Waals surface area contributed by atoms with E-state index in [0.29, 0.717) is 19.6 Å². The van der Waals surface area contributed by atoms with Gasteiger partial charge < -0.3 is 19.7 Å². The lowest BCUT2D eigenvalue weighted by Crippen LogP contribution is -2.31. The van der Waals surface area contributed by atoms with E-state index in [-0.39, 0.29) is 26.4 Å². The zero-order valence-electron chi connectivity index (χ0n) is 17.6. The normalized spacial score (nSPS) is 11.8. The second-order valence-corrected chi connectivity index (χ2v) is 7.75. The van der Waals surface area contributed by atoms with Crippen molar-refractivity contribution in [3.63, 3.8) is 0 Å². The maximum absolute atomic E-state index is 10.7.